The summed E-state index contributed by atoms with van der Waals surface area (Å²) in [5.41, 5.74) is 1.80. The maximum atomic E-state index is 12.0. The van der Waals surface area contributed by atoms with Crippen molar-refractivity contribution in [1.82, 2.24) is 0 Å². The van der Waals surface area contributed by atoms with Gasteiger partial charge >= 0.3 is 0 Å². The minimum atomic E-state index is -0.651. The SMILES string of the molecule is COc1cc(COc2cccc(C(=O)Cl)c2OCc2cc(OC)cc(OC)c2)cc(OC)c1. The molecule has 8 heteroatoms. The van der Waals surface area contributed by atoms with Gasteiger partial charge in [-0.05, 0) is 59.1 Å². The van der Waals surface area contributed by atoms with Crippen LogP contribution in [0.3, 0.4) is 0 Å². The van der Waals surface area contributed by atoms with Crippen LogP contribution in [0.5, 0.6) is 34.5 Å². The van der Waals surface area contributed by atoms with Crippen molar-refractivity contribution < 1.29 is 33.2 Å². The molecule has 0 fully saturated rings. The number of rotatable bonds is 11. The molecule has 3 aromatic carbocycles. The van der Waals surface area contributed by atoms with Crippen LogP contribution in [0, 0.1) is 0 Å². The number of ether oxygens (including phenoxy) is 6. The Bertz CT molecular complexity index is 1070. The zero-order valence-electron chi connectivity index (χ0n) is 18.8. The van der Waals surface area contributed by atoms with Gasteiger partial charge in [0.05, 0.1) is 34.0 Å². The van der Waals surface area contributed by atoms with Crippen molar-refractivity contribution >= 4 is 16.8 Å². The first-order chi connectivity index (χ1) is 16.0. The van der Waals surface area contributed by atoms with E-state index in [4.69, 9.17) is 40.0 Å². The summed E-state index contributed by atoms with van der Waals surface area (Å²) in [6, 6.07) is 15.8. The van der Waals surface area contributed by atoms with E-state index in [1.54, 1.807) is 58.8 Å². The number of carbonyl (C=O) groups is 1. The minimum absolute atomic E-state index is 0.137. The van der Waals surface area contributed by atoms with E-state index in [-0.39, 0.29) is 24.5 Å². The maximum Gasteiger partial charge on any atom is 0.256 e. The molecular formula is C25H25ClO7. The highest BCUT2D eigenvalue weighted by molar-refractivity contribution is 6.68. The van der Waals surface area contributed by atoms with Crippen LogP contribution in [0.2, 0.25) is 0 Å². The molecule has 0 saturated heterocycles. The quantitative estimate of drug-likeness (QED) is 0.352. The molecule has 0 N–H and O–H groups in total. The highest BCUT2D eigenvalue weighted by Gasteiger charge is 2.17. The van der Waals surface area contributed by atoms with E-state index < -0.39 is 5.24 Å². The fourth-order valence-corrected chi connectivity index (χ4v) is 3.30. The van der Waals surface area contributed by atoms with Crippen molar-refractivity contribution in [3.05, 3.63) is 71.3 Å². The number of hydrogen-bond donors (Lipinski definition) is 0. The number of methoxy groups -OCH3 is 4. The Kier molecular flexibility index (Phi) is 8.27. The first-order valence-electron chi connectivity index (χ1n) is 9.99. The molecule has 0 bridgehead atoms. The van der Waals surface area contributed by atoms with Crippen molar-refractivity contribution in [1.29, 1.82) is 0 Å². The number of para-hydroxylation sites is 1. The summed E-state index contributed by atoms with van der Waals surface area (Å²) in [4.78, 5) is 12.0. The minimum Gasteiger partial charge on any atom is -0.497 e. The third-order valence-corrected chi connectivity index (χ3v) is 4.99. The Balaban J connectivity index is 1.86. The molecular weight excluding hydrogens is 448 g/mol. The summed E-state index contributed by atoms with van der Waals surface area (Å²) in [5, 5.41) is -0.651. The molecule has 7 nitrogen and oxygen atoms in total. The monoisotopic (exact) mass is 472 g/mol. The van der Waals surface area contributed by atoms with Gasteiger partial charge in [0.25, 0.3) is 5.24 Å². The van der Waals surface area contributed by atoms with Gasteiger partial charge in [-0.2, -0.15) is 0 Å². The van der Waals surface area contributed by atoms with Gasteiger partial charge in [-0.25, -0.2) is 0 Å². The van der Waals surface area contributed by atoms with E-state index in [0.29, 0.717) is 28.7 Å². The van der Waals surface area contributed by atoms with Crippen molar-refractivity contribution in [2.45, 2.75) is 13.2 Å². The van der Waals surface area contributed by atoms with Crippen molar-refractivity contribution in [3.8, 4) is 34.5 Å². The van der Waals surface area contributed by atoms with E-state index in [1.807, 2.05) is 24.3 Å². The molecule has 0 heterocycles. The van der Waals surface area contributed by atoms with E-state index in [2.05, 4.69) is 0 Å². The molecule has 3 rings (SSSR count). The summed E-state index contributed by atoms with van der Waals surface area (Å²) in [6.45, 7) is 0.328. The van der Waals surface area contributed by atoms with Crippen molar-refractivity contribution in [2.75, 3.05) is 28.4 Å². The molecule has 0 unspecified atom stereocenters. The maximum absolute atomic E-state index is 12.0. The summed E-state index contributed by atoms with van der Waals surface area (Å²) < 4.78 is 33.2. The lowest BCUT2D eigenvalue weighted by Gasteiger charge is -2.16. The summed E-state index contributed by atoms with van der Waals surface area (Å²) in [6.07, 6.45) is 0. The average Bonchev–Trinajstić information content (AvgIpc) is 2.85. The standard InChI is InChI=1S/C25H25ClO7/c1-28-18-8-16(9-19(12-18)29-2)14-32-23-7-5-6-22(25(26)27)24(23)33-15-17-10-20(30-3)13-21(11-17)31-4/h5-13H,14-15H2,1-4H3. The van der Waals surface area contributed by atoms with Crippen LogP contribution in [0.1, 0.15) is 21.5 Å². The van der Waals surface area contributed by atoms with Gasteiger partial charge in [0.15, 0.2) is 11.5 Å². The molecule has 0 aliphatic rings. The van der Waals surface area contributed by atoms with Gasteiger partial charge in [-0.3, -0.25) is 4.79 Å². The lowest BCUT2D eigenvalue weighted by Crippen LogP contribution is -2.05. The van der Waals surface area contributed by atoms with E-state index in [1.165, 1.54) is 0 Å². The van der Waals surface area contributed by atoms with Gasteiger partial charge in [-0.1, -0.05) is 6.07 Å². The Morgan fingerprint density at radius 1 is 0.697 bits per heavy atom. The molecule has 0 atom stereocenters. The summed E-state index contributed by atoms with van der Waals surface area (Å²) in [7, 11) is 6.30. The topological polar surface area (TPSA) is 72.5 Å². The highest BCUT2D eigenvalue weighted by Crippen LogP contribution is 2.35. The molecule has 0 saturated carbocycles. The normalized spacial score (nSPS) is 10.3. The second kappa shape index (κ2) is 11.3. The second-order valence-corrected chi connectivity index (χ2v) is 7.27. The highest BCUT2D eigenvalue weighted by atomic mass is 35.5. The van der Waals surface area contributed by atoms with Crippen LogP contribution in [0.25, 0.3) is 0 Å². The molecule has 0 aromatic heterocycles. The Labute approximate surface area is 197 Å². The molecule has 0 aliphatic carbocycles. The molecule has 0 aliphatic heterocycles. The lowest BCUT2D eigenvalue weighted by molar-refractivity contribution is 0.107. The first-order valence-corrected chi connectivity index (χ1v) is 10.4. The molecule has 0 radical (unpaired) electrons. The second-order valence-electron chi connectivity index (χ2n) is 6.93. The third kappa shape index (κ3) is 6.23. The van der Waals surface area contributed by atoms with Gasteiger partial charge in [0.1, 0.15) is 36.2 Å². The average molecular weight is 473 g/mol. The van der Waals surface area contributed by atoms with Crippen LogP contribution in [-0.2, 0) is 13.2 Å². The number of carbonyl (C=O) groups excluding carboxylic acids is 1. The lowest BCUT2D eigenvalue weighted by atomic mass is 10.2. The number of benzene rings is 3. The zero-order chi connectivity index (χ0) is 23.8. The summed E-state index contributed by atoms with van der Waals surface area (Å²) >= 11 is 5.81. The van der Waals surface area contributed by atoms with Gasteiger partial charge in [0.2, 0.25) is 0 Å². The Hall–Kier alpha value is -3.58. The van der Waals surface area contributed by atoms with Crippen LogP contribution >= 0.6 is 11.6 Å². The molecule has 174 valence electrons. The van der Waals surface area contributed by atoms with Crippen LogP contribution in [0.15, 0.2) is 54.6 Å². The summed E-state index contributed by atoms with van der Waals surface area (Å²) in [5.74, 6) is 3.14. The van der Waals surface area contributed by atoms with Crippen molar-refractivity contribution in [2.24, 2.45) is 0 Å². The number of hydrogen-bond acceptors (Lipinski definition) is 7. The van der Waals surface area contributed by atoms with Gasteiger partial charge in [0, 0.05) is 12.1 Å². The fraction of sp³-hybridized carbons (Fsp3) is 0.240. The smallest absolute Gasteiger partial charge is 0.256 e. The van der Waals surface area contributed by atoms with Crippen LogP contribution in [-0.4, -0.2) is 33.7 Å². The largest absolute Gasteiger partial charge is 0.497 e. The zero-order valence-corrected chi connectivity index (χ0v) is 19.6. The van der Waals surface area contributed by atoms with E-state index in [0.717, 1.165) is 11.1 Å². The third-order valence-electron chi connectivity index (χ3n) is 4.79. The number of halogens is 1. The molecule has 33 heavy (non-hydrogen) atoms. The van der Waals surface area contributed by atoms with Gasteiger partial charge < -0.3 is 28.4 Å². The molecule has 3 aromatic rings. The predicted molar refractivity (Wildman–Crippen MR) is 124 cm³/mol. The van der Waals surface area contributed by atoms with Gasteiger partial charge in [-0.15, -0.1) is 0 Å². The Morgan fingerprint density at radius 3 is 1.58 bits per heavy atom. The predicted octanol–water partition coefficient (Wildman–Crippen LogP) is 5.26. The Morgan fingerprint density at radius 2 is 1.15 bits per heavy atom. The van der Waals surface area contributed by atoms with Crippen LogP contribution in [0.4, 0.5) is 0 Å². The van der Waals surface area contributed by atoms with Crippen LogP contribution < -0.4 is 28.4 Å². The fourth-order valence-electron chi connectivity index (χ4n) is 3.15. The molecule has 0 amide bonds. The molecule has 0 spiro atoms. The first kappa shape index (κ1) is 24.1. The van der Waals surface area contributed by atoms with E-state index in [9.17, 15) is 4.79 Å². The van der Waals surface area contributed by atoms with E-state index >= 15 is 0 Å². The van der Waals surface area contributed by atoms with Crippen molar-refractivity contribution in [3.63, 3.8) is 0 Å².